The molecule has 0 aliphatic carbocycles. The van der Waals surface area contributed by atoms with Crippen LogP contribution in [0.5, 0.6) is 0 Å². The number of nitrogens with zero attached hydrogens (tertiary/aromatic N) is 1. The number of ether oxygens (including phenoxy) is 1. The third kappa shape index (κ3) is 3.50. The second-order valence-corrected chi connectivity index (χ2v) is 6.74. The molecular weight excluding hydrogens is 276 g/mol. The van der Waals surface area contributed by atoms with Crippen LogP contribution in [0.15, 0.2) is 30.3 Å². The minimum absolute atomic E-state index is 0.0235. The van der Waals surface area contributed by atoms with Crippen LogP contribution in [0.4, 0.5) is 0 Å². The molecule has 2 aliphatic rings. The van der Waals surface area contributed by atoms with E-state index in [2.05, 4.69) is 41.4 Å². The lowest BCUT2D eigenvalue weighted by atomic mass is 10.00. The lowest BCUT2D eigenvalue weighted by Gasteiger charge is -2.21. The Morgan fingerprint density at radius 2 is 2.05 bits per heavy atom. The third-order valence-electron chi connectivity index (χ3n) is 4.98. The van der Waals surface area contributed by atoms with E-state index in [9.17, 15) is 4.79 Å². The maximum absolute atomic E-state index is 12.4. The summed E-state index contributed by atoms with van der Waals surface area (Å²) >= 11 is 0. The van der Waals surface area contributed by atoms with Crippen LogP contribution in [0.1, 0.15) is 25.8 Å². The average molecular weight is 302 g/mol. The van der Waals surface area contributed by atoms with Gasteiger partial charge in [0, 0.05) is 32.3 Å². The molecule has 4 atom stereocenters. The molecule has 22 heavy (non-hydrogen) atoms. The molecule has 0 unspecified atom stereocenters. The van der Waals surface area contributed by atoms with Crippen molar-refractivity contribution in [2.45, 2.75) is 39.0 Å². The number of carbonyl (C=O) groups excluding carboxylic acids is 1. The summed E-state index contributed by atoms with van der Waals surface area (Å²) < 4.78 is 5.51. The van der Waals surface area contributed by atoms with Crippen molar-refractivity contribution in [3.05, 3.63) is 35.9 Å². The summed E-state index contributed by atoms with van der Waals surface area (Å²) in [7, 11) is 0. The Hall–Kier alpha value is -1.39. The van der Waals surface area contributed by atoms with Crippen molar-refractivity contribution in [1.29, 1.82) is 0 Å². The van der Waals surface area contributed by atoms with Crippen molar-refractivity contribution in [2.24, 2.45) is 11.8 Å². The Labute approximate surface area is 132 Å². The average Bonchev–Trinajstić information content (AvgIpc) is 3.06. The Morgan fingerprint density at radius 1 is 1.27 bits per heavy atom. The molecule has 0 bridgehead atoms. The normalized spacial score (nSPS) is 32.3. The highest BCUT2D eigenvalue weighted by Crippen LogP contribution is 2.23. The van der Waals surface area contributed by atoms with Crippen LogP contribution in [-0.4, -0.2) is 42.6 Å². The topological polar surface area (TPSA) is 41.6 Å². The summed E-state index contributed by atoms with van der Waals surface area (Å²) in [5.41, 5.74) is 1.33. The second-order valence-electron chi connectivity index (χ2n) is 6.74. The first-order valence-corrected chi connectivity index (χ1v) is 8.31. The highest BCUT2D eigenvalue weighted by Gasteiger charge is 2.35. The van der Waals surface area contributed by atoms with Gasteiger partial charge < -0.3 is 10.1 Å². The summed E-state index contributed by atoms with van der Waals surface area (Å²) in [5, 5.41) is 3.26. The quantitative estimate of drug-likeness (QED) is 0.925. The number of hydrogen-bond donors (Lipinski definition) is 1. The van der Waals surface area contributed by atoms with Crippen molar-refractivity contribution in [2.75, 3.05) is 19.7 Å². The van der Waals surface area contributed by atoms with E-state index in [-0.39, 0.29) is 24.0 Å². The number of benzene rings is 1. The molecule has 1 aromatic rings. The Balaban J connectivity index is 1.53. The highest BCUT2D eigenvalue weighted by molar-refractivity contribution is 5.79. The van der Waals surface area contributed by atoms with E-state index in [1.165, 1.54) is 5.56 Å². The van der Waals surface area contributed by atoms with E-state index < -0.39 is 0 Å². The number of amides is 1. The minimum Gasteiger partial charge on any atom is -0.378 e. The molecule has 1 amide bonds. The van der Waals surface area contributed by atoms with Gasteiger partial charge in [0.05, 0.1) is 12.0 Å². The third-order valence-corrected chi connectivity index (χ3v) is 4.98. The lowest BCUT2D eigenvalue weighted by molar-refractivity contribution is -0.127. The Kier molecular flexibility index (Phi) is 4.79. The molecular formula is C18H26N2O2. The predicted molar refractivity (Wildman–Crippen MR) is 86.3 cm³/mol. The SMILES string of the molecule is C[C@@H]1CN(Cc2ccccc2)C[C@@H]1NC(=O)[C@@H]1CCO[C@@H]1C. The van der Waals surface area contributed by atoms with E-state index in [4.69, 9.17) is 4.74 Å². The lowest BCUT2D eigenvalue weighted by Crippen LogP contribution is -2.44. The number of likely N-dealkylation sites (tertiary alicyclic amines) is 1. The van der Waals surface area contributed by atoms with Gasteiger partial charge in [-0.05, 0) is 24.8 Å². The van der Waals surface area contributed by atoms with Crippen LogP contribution in [0.2, 0.25) is 0 Å². The molecule has 0 saturated carbocycles. The second kappa shape index (κ2) is 6.80. The minimum atomic E-state index is 0.0235. The zero-order valence-electron chi connectivity index (χ0n) is 13.5. The van der Waals surface area contributed by atoms with E-state index in [1.54, 1.807) is 0 Å². The fourth-order valence-electron chi connectivity index (χ4n) is 3.59. The van der Waals surface area contributed by atoms with E-state index in [1.807, 2.05) is 13.0 Å². The van der Waals surface area contributed by atoms with Gasteiger partial charge in [-0.25, -0.2) is 0 Å². The largest absolute Gasteiger partial charge is 0.378 e. The molecule has 1 N–H and O–H groups in total. The van der Waals surface area contributed by atoms with E-state index in [0.717, 1.165) is 26.1 Å². The summed E-state index contributed by atoms with van der Waals surface area (Å²) in [5.74, 6) is 0.684. The Bertz CT molecular complexity index is 505. The summed E-state index contributed by atoms with van der Waals surface area (Å²) in [6, 6.07) is 10.8. The van der Waals surface area contributed by atoms with Gasteiger partial charge in [-0.3, -0.25) is 9.69 Å². The maximum Gasteiger partial charge on any atom is 0.226 e. The van der Waals surface area contributed by atoms with Crippen molar-refractivity contribution in [3.63, 3.8) is 0 Å². The summed E-state index contributed by atoms with van der Waals surface area (Å²) in [6.45, 7) is 7.86. The van der Waals surface area contributed by atoms with Gasteiger partial charge in [-0.2, -0.15) is 0 Å². The van der Waals surface area contributed by atoms with Gasteiger partial charge in [0.15, 0.2) is 0 Å². The zero-order chi connectivity index (χ0) is 15.5. The fraction of sp³-hybridized carbons (Fsp3) is 0.611. The van der Waals surface area contributed by atoms with Gasteiger partial charge in [0.1, 0.15) is 0 Å². The smallest absolute Gasteiger partial charge is 0.226 e. The van der Waals surface area contributed by atoms with Crippen LogP contribution < -0.4 is 5.32 Å². The van der Waals surface area contributed by atoms with E-state index >= 15 is 0 Å². The van der Waals surface area contributed by atoms with Gasteiger partial charge in [0.2, 0.25) is 5.91 Å². The van der Waals surface area contributed by atoms with Gasteiger partial charge in [0.25, 0.3) is 0 Å². The van der Waals surface area contributed by atoms with Crippen molar-refractivity contribution in [1.82, 2.24) is 10.2 Å². The molecule has 1 aromatic carbocycles. The first-order chi connectivity index (χ1) is 10.6. The van der Waals surface area contributed by atoms with Crippen LogP contribution in [0.25, 0.3) is 0 Å². The van der Waals surface area contributed by atoms with Crippen molar-refractivity contribution >= 4 is 5.91 Å². The van der Waals surface area contributed by atoms with Crippen molar-refractivity contribution < 1.29 is 9.53 Å². The molecule has 3 rings (SSSR count). The first kappa shape index (κ1) is 15.5. The molecule has 120 valence electrons. The number of carbonyl (C=O) groups is 1. The molecule has 2 fully saturated rings. The molecule has 0 spiro atoms. The van der Waals surface area contributed by atoms with Crippen LogP contribution in [0.3, 0.4) is 0 Å². The first-order valence-electron chi connectivity index (χ1n) is 8.31. The van der Waals surface area contributed by atoms with Gasteiger partial charge in [-0.1, -0.05) is 37.3 Å². The fourth-order valence-corrected chi connectivity index (χ4v) is 3.59. The predicted octanol–water partition coefficient (Wildman–Crippen LogP) is 2.05. The van der Waals surface area contributed by atoms with E-state index in [0.29, 0.717) is 12.5 Å². The van der Waals surface area contributed by atoms with Crippen molar-refractivity contribution in [3.8, 4) is 0 Å². The van der Waals surface area contributed by atoms with Crippen LogP contribution in [0, 0.1) is 11.8 Å². The number of rotatable bonds is 4. The number of hydrogen-bond acceptors (Lipinski definition) is 3. The van der Waals surface area contributed by atoms with Crippen LogP contribution in [-0.2, 0) is 16.1 Å². The summed E-state index contributed by atoms with van der Waals surface area (Å²) in [4.78, 5) is 14.8. The molecule has 4 nitrogen and oxygen atoms in total. The highest BCUT2D eigenvalue weighted by atomic mass is 16.5. The Morgan fingerprint density at radius 3 is 2.73 bits per heavy atom. The molecule has 2 aliphatic heterocycles. The number of nitrogens with one attached hydrogen (secondary N) is 1. The van der Waals surface area contributed by atoms with Gasteiger partial charge >= 0.3 is 0 Å². The molecule has 0 aromatic heterocycles. The van der Waals surface area contributed by atoms with Crippen LogP contribution >= 0.6 is 0 Å². The monoisotopic (exact) mass is 302 g/mol. The molecule has 0 radical (unpaired) electrons. The summed E-state index contributed by atoms with van der Waals surface area (Å²) in [6.07, 6.45) is 0.902. The zero-order valence-corrected chi connectivity index (χ0v) is 13.5. The maximum atomic E-state index is 12.4. The van der Waals surface area contributed by atoms with Gasteiger partial charge in [-0.15, -0.1) is 0 Å². The molecule has 4 heteroatoms. The molecule has 2 heterocycles. The standard InChI is InChI=1S/C18H26N2O2/c1-13-10-20(11-15-6-4-3-5-7-15)12-17(13)19-18(21)16-8-9-22-14(16)2/h3-7,13-14,16-17H,8-12H2,1-2H3,(H,19,21)/t13-,14-,16-,17+/m1/s1. The molecule has 2 saturated heterocycles.